The number of hydrogen-bond donors (Lipinski definition) is 1. The van der Waals surface area contributed by atoms with Crippen molar-refractivity contribution >= 4 is 11.9 Å². The number of para-hydroxylation sites is 1. The molecule has 1 N–H and O–H groups in total. The van der Waals surface area contributed by atoms with Crippen LogP contribution in [-0.2, 0) is 9.53 Å². The molecular formula is C17H21FN4O4. The summed E-state index contributed by atoms with van der Waals surface area (Å²) in [5, 5.41) is 10.3. The van der Waals surface area contributed by atoms with Crippen LogP contribution in [0.2, 0.25) is 0 Å². The minimum absolute atomic E-state index is 0.0523. The van der Waals surface area contributed by atoms with Crippen LogP contribution in [0.4, 0.5) is 10.4 Å². The molecule has 0 unspecified atom stereocenters. The number of hydrogen-bond acceptors (Lipinski definition) is 7. The van der Waals surface area contributed by atoms with Gasteiger partial charge in [-0.15, -0.1) is 5.10 Å². The molecule has 0 aliphatic carbocycles. The molecule has 1 fully saturated rings. The monoisotopic (exact) mass is 364 g/mol. The number of anilines is 1. The molecule has 0 bridgehead atoms. The van der Waals surface area contributed by atoms with Crippen LogP contribution in [0.15, 0.2) is 28.7 Å². The van der Waals surface area contributed by atoms with Gasteiger partial charge in [0.2, 0.25) is 11.8 Å². The number of benzene rings is 1. The van der Waals surface area contributed by atoms with E-state index in [1.807, 2.05) is 0 Å². The Morgan fingerprint density at radius 3 is 3.04 bits per heavy atom. The molecule has 1 atom stereocenters. The van der Waals surface area contributed by atoms with Crippen molar-refractivity contribution in [1.29, 1.82) is 0 Å². The molecule has 1 aromatic carbocycles. The molecule has 140 valence electrons. The van der Waals surface area contributed by atoms with Gasteiger partial charge in [-0.3, -0.25) is 15.0 Å². The van der Waals surface area contributed by atoms with Gasteiger partial charge >= 0.3 is 6.01 Å². The summed E-state index contributed by atoms with van der Waals surface area (Å²) >= 11 is 0. The SMILES string of the molecule is CN(CCOc1ccccc1F)CC(=O)Nc1nnc([C@H]2CCCO2)o1. The predicted molar refractivity (Wildman–Crippen MR) is 90.2 cm³/mol. The van der Waals surface area contributed by atoms with Crippen molar-refractivity contribution in [2.75, 3.05) is 38.7 Å². The first kappa shape index (κ1) is 18.3. The van der Waals surface area contributed by atoms with Gasteiger partial charge in [-0.25, -0.2) is 4.39 Å². The number of nitrogens with one attached hydrogen (secondary N) is 1. The Balaban J connectivity index is 1.39. The van der Waals surface area contributed by atoms with Crippen LogP contribution in [0, 0.1) is 5.82 Å². The quantitative estimate of drug-likeness (QED) is 0.766. The van der Waals surface area contributed by atoms with E-state index in [2.05, 4.69) is 15.5 Å². The van der Waals surface area contributed by atoms with Crippen molar-refractivity contribution in [2.45, 2.75) is 18.9 Å². The number of amides is 1. The molecule has 1 aromatic heterocycles. The zero-order valence-electron chi connectivity index (χ0n) is 14.5. The van der Waals surface area contributed by atoms with Gasteiger partial charge in [0.15, 0.2) is 11.6 Å². The summed E-state index contributed by atoms with van der Waals surface area (Å²) in [7, 11) is 1.76. The van der Waals surface area contributed by atoms with Crippen LogP contribution in [0.1, 0.15) is 24.8 Å². The van der Waals surface area contributed by atoms with E-state index >= 15 is 0 Å². The van der Waals surface area contributed by atoms with E-state index in [9.17, 15) is 9.18 Å². The summed E-state index contributed by atoms with van der Waals surface area (Å²) in [5.74, 6) is -0.130. The molecule has 2 heterocycles. The van der Waals surface area contributed by atoms with E-state index < -0.39 is 5.82 Å². The molecule has 0 spiro atoms. The normalized spacial score (nSPS) is 16.8. The summed E-state index contributed by atoms with van der Waals surface area (Å²) in [4.78, 5) is 13.8. The van der Waals surface area contributed by atoms with Gasteiger partial charge in [-0.2, -0.15) is 0 Å². The van der Waals surface area contributed by atoms with E-state index in [-0.39, 0.29) is 36.9 Å². The number of rotatable bonds is 8. The lowest BCUT2D eigenvalue weighted by Crippen LogP contribution is -2.33. The molecule has 1 saturated heterocycles. The number of likely N-dealkylation sites (N-methyl/N-ethyl adjacent to an activating group) is 1. The van der Waals surface area contributed by atoms with E-state index in [1.165, 1.54) is 6.07 Å². The number of carbonyl (C=O) groups excluding carboxylic acids is 1. The minimum atomic E-state index is -0.411. The molecule has 0 saturated carbocycles. The first-order chi connectivity index (χ1) is 12.6. The third-order valence-electron chi connectivity index (χ3n) is 3.87. The molecule has 26 heavy (non-hydrogen) atoms. The van der Waals surface area contributed by atoms with Gasteiger partial charge in [0.25, 0.3) is 0 Å². The zero-order valence-corrected chi connectivity index (χ0v) is 14.5. The van der Waals surface area contributed by atoms with Crippen molar-refractivity contribution in [3.63, 3.8) is 0 Å². The molecule has 8 nitrogen and oxygen atoms in total. The van der Waals surface area contributed by atoms with Gasteiger partial charge < -0.3 is 13.9 Å². The van der Waals surface area contributed by atoms with Crippen molar-refractivity contribution in [3.05, 3.63) is 36.0 Å². The van der Waals surface area contributed by atoms with Gasteiger partial charge in [-0.05, 0) is 32.0 Å². The average molecular weight is 364 g/mol. The summed E-state index contributed by atoms with van der Waals surface area (Å²) in [5.41, 5.74) is 0. The molecule has 2 aromatic rings. The Hall–Kier alpha value is -2.52. The number of halogens is 1. The van der Waals surface area contributed by atoms with Crippen molar-refractivity contribution in [3.8, 4) is 5.75 Å². The van der Waals surface area contributed by atoms with E-state index in [4.69, 9.17) is 13.9 Å². The van der Waals surface area contributed by atoms with Crippen LogP contribution >= 0.6 is 0 Å². The average Bonchev–Trinajstić information content (AvgIpc) is 3.27. The molecule has 1 aliphatic heterocycles. The fourth-order valence-corrected chi connectivity index (χ4v) is 2.54. The largest absolute Gasteiger partial charge is 0.489 e. The minimum Gasteiger partial charge on any atom is -0.489 e. The summed E-state index contributed by atoms with van der Waals surface area (Å²) < 4.78 is 29.7. The standard InChI is InChI=1S/C17H21FN4O4/c1-22(8-10-25-13-6-3-2-5-12(13)18)11-15(23)19-17-21-20-16(26-17)14-7-4-9-24-14/h2-3,5-6,14H,4,7-11H2,1H3,(H,19,21,23)/t14-/m1/s1. The lowest BCUT2D eigenvalue weighted by molar-refractivity contribution is -0.117. The highest BCUT2D eigenvalue weighted by molar-refractivity contribution is 5.90. The Morgan fingerprint density at radius 2 is 2.27 bits per heavy atom. The van der Waals surface area contributed by atoms with E-state index in [0.717, 1.165) is 12.8 Å². The highest BCUT2D eigenvalue weighted by Crippen LogP contribution is 2.28. The summed E-state index contributed by atoms with van der Waals surface area (Å²) in [6, 6.07) is 6.24. The maximum absolute atomic E-state index is 13.4. The van der Waals surface area contributed by atoms with Gasteiger partial charge in [0.05, 0.1) is 6.54 Å². The predicted octanol–water partition coefficient (Wildman–Crippen LogP) is 2.01. The topological polar surface area (TPSA) is 89.7 Å². The van der Waals surface area contributed by atoms with Crippen LogP contribution in [0.25, 0.3) is 0 Å². The zero-order chi connectivity index (χ0) is 18.4. The molecular weight excluding hydrogens is 343 g/mol. The fourth-order valence-electron chi connectivity index (χ4n) is 2.54. The van der Waals surface area contributed by atoms with Gasteiger partial charge in [0, 0.05) is 13.2 Å². The molecule has 0 radical (unpaired) electrons. The Bertz CT molecular complexity index is 733. The molecule has 1 aliphatic rings. The number of aromatic nitrogens is 2. The first-order valence-electron chi connectivity index (χ1n) is 8.42. The van der Waals surface area contributed by atoms with Crippen molar-refractivity contribution in [1.82, 2.24) is 15.1 Å². The Kier molecular flexibility index (Phi) is 6.13. The van der Waals surface area contributed by atoms with Crippen molar-refractivity contribution < 1.29 is 23.1 Å². The third-order valence-corrected chi connectivity index (χ3v) is 3.87. The summed E-state index contributed by atoms with van der Waals surface area (Å²) in [6.07, 6.45) is 1.60. The molecule has 3 rings (SSSR count). The maximum atomic E-state index is 13.4. The van der Waals surface area contributed by atoms with E-state index in [1.54, 1.807) is 30.1 Å². The molecule has 1 amide bonds. The second-order valence-electron chi connectivity index (χ2n) is 6.01. The molecule has 9 heteroatoms. The second kappa shape index (κ2) is 8.72. The Morgan fingerprint density at radius 1 is 1.42 bits per heavy atom. The summed E-state index contributed by atoms with van der Waals surface area (Å²) in [6.45, 7) is 1.49. The number of ether oxygens (including phenoxy) is 2. The highest BCUT2D eigenvalue weighted by Gasteiger charge is 2.24. The lowest BCUT2D eigenvalue weighted by atomic mass is 10.2. The van der Waals surface area contributed by atoms with Gasteiger partial charge in [0.1, 0.15) is 12.7 Å². The van der Waals surface area contributed by atoms with Crippen LogP contribution in [-0.4, -0.2) is 54.4 Å². The van der Waals surface area contributed by atoms with Crippen LogP contribution in [0.5, 0.6) is 5.75 Å². The van der Waals surface area contributed by atoms with Gasteiger partial charge in [-0.1, -0.05) is 17.2 Å². The Labute approximate surface area is 150 Å². The maximum Gasteiger partial charge on any atom is 0.322 e. The first-order valence-corrected chi connectivity index (χ1v) is 8.42. The van der Waals surface area contributed by atoms with Crippen LogP contribution in [0.3, 0.4) is 0 Å². The smallest absolute Gasteiger partial charge is 0.322 e. The van der Waals surface area contributed by atoms with Crippen LogP contribution < -0.4 is 10.1 Å². The number of carbonyl (C=O) groups is 1. The number of nitrogens with zero attached hydrogens (tertiary/aromatic N) is 3. The fraction of sp³-hybridized carbons (Fsp3) is 0.471. The third kappa shape index (κ3) is 4.99. The lowest BCUT2D eigenvalue weighted by Gasteiger charge is -2.16. The van der Waals surface area contributed by atoms with Crippen molar-refractivity contribution in [2.24, 2.45) is 0 Å². The second-order valence-corrected chi connectivity index (χ2v) is 6.01. The van der Waals surface area contributed by atoms with E-state index in [0.29, 0.717) is 19.0 Å². The highest BCUT2D eigenvalue weighted by atomic mass is 19.1.